The maximum absolute atomic E-state index is 12.9. The van der Waals surface area contributed by atoms with Crippen LogP contribution in [-0.2, 0) is 16.1 Å². The maximum atomic E-state index is 12.9. The van der Waals surface area contributed by atoms with Crippen LogP contribution in [0, 0.1) is 13.8 Å². The minimum Gasteiger partial charge on any atom is -0.492 e. The van der Waals surface area contributed by atoms with Gasteiger partial charge < -0.3 is 23.8 Å². The molecule has 2 heterocycles. The number of aromatic nitrogens is 1. The van der Waals surface area contributed by atoms with Gasteiger partial charge in [-0.15, -0.1) is 0 Å². The predicted molar refractivity (Wildman–Crippen MR) is 116 cm³/mol. The van der Waals surface area contributed by atoms with Gasteiger partial charge in [-0.05, 0) is 45.9 Å². The van der Waals surface area contributed by atoms with Crippen LogP contribution in [0.25, 0.3) is 0 Å². The summed E-state index contributed by atoms with van der Waals surface area (Å²) in [5, 5.41) is 0. The number of hydrogen-bond donors (Lipinski definition) is 0. The van der Waals surface area contributed by atoms with Crippen molar-refractivity contribution in [2.24, 2.45) is 0 Å². The van der Waals surface area contributed by atoms with Crippen LogP contribution in [0.4, 0.5) is 5.69 Å². The van der Waals surface area contributed by atoms with E-state index in [4.69, 9.17) is 9.47 Å². The van der Waals surface area contributed by atoms with Crippen molar-refractivity contribution in [2.45, 2.75) is 34.2 Å². The number of rotatable bonds is 7. The number of esters is 1. The Bertz CT molecular complexity index is 898. The Labute approximate surface area is 178 Å². The smallest absolute Gasteiger partial charge is 0.339 e. The molecule has 1 aliphatic rings. The van der Waals surface area contributed by atoms with Crippen molar-refractivity contribution < 1.29 is 19.1 Å². The van der Waals surface area contributed by atoms with Gasteiger partial charge in [-0.1, -0.05) is 12.1 Å². The summed E-state index contributed by atoms with van der Waals surface area (Å²) in [4.78, 5) is 29.2. The first-order chi connectivity index (χ1) is 14.5. The molecule has 1 amide bonds. The summed E-state index contributed by atoms with van der Waals surface area (Å²) in [7, 11) is 0. The lowest BCUT2D eigenvalue weighted by Gasteiger charge is -2.37. The summed E-state index contributed by atoms with van der Waals surface area (Å²) in [6.07, 6.45) is 0. The molecular formula is C23H31N3O4. The van der Waals surface area contributed by atoms with E-state index < -0.39 is 0 Å². The van der Waals surface area contributed by atoms with Gasteiger partial charge in [0.15, 0.2) is 0 Å². The molecule has 7 heteroatoms. The fraction of sp³-hybridized carbons (Fsp3) is 0.478. The zero-order valence-electron chi connectivity index (χ0n) is 18.3. The molecule has 0 atom stereocenters. The number of piperazine rings is 1. The first-order valence-electron chi connectivity index (χ1n) is 10.5. The first-order valence-corrected chi connectivity index (χ1v) is 10.5. The highest BCUT2D eigenvalue weighted by Gasteiger charge is 2.25. The summed E-state index contributed by atoms with van der Waals surface area (Å²) in [5.74, 6) is 0.598. The van der Waals surface area contributed by atoms with E-state index in [0.29, 0.717) is 31.9 Å². The van der Waals surface area contributed by atoms with Crippen LogP contribution in [0.2, 0.25) is 0 Å². The molecule has 1 aromatic heterocycles. The van der Waals surface area contributed by atoms with Gasteiger partial charge in [-0.2, -0.15) is 0 Å². The molecule has 162 valence electrons. The molecule has 0 N–H and O–H groups in total. The molecule has 1 fully saturated rings. The number of benzene rings is 1. The SMILES string of the molecule is CCOC(=O)c1cc(C)n(CC(=O)N2CCN(c3ccccc3OCC)CC2)c1C. The summed E-state index contributed by atoms with van der Waals surface area (Å²) in [6, 6.07) is 9.82. The normalized spacial score (nSPS) is 14.0. The Morgan fingerprint density at radius 3 is 2.37 bits per heavy atom. The molecule has 7 nitrogen and oxygen atoms in total. The van der Waals surface area contributed by atoms with E-state index in [1.165, 1.54) is 0 Å². The number of carbonyl (C=O) groups excluding carboxylic acids is 2. The van der Waals surface area contributed by atoms with Gasteiger partial charge in [-0.25, -0.2) is 4.79 Å². The molecule has 2 aromatic rings. The van der Waals surface area contributed by atoms with Gasteiger partial charge in [0.05, 0.1) is 24.5 Å². The lowest BCUT2D eigenvalue weighted by molar-refractivity contribution is -0.132. The fourth-order valence-electron chi connectivity index (χ4n) is 3.89. The second-order valence-electron chi connectivity index (χ2n) is 7.36. The molecule has 30 heavy (non-hydrogen) atoms. The van der Waals surface area contributed by atoms with E-state index in [9.17, 15) is 9.59 Å². The van der Waals surface area contributed by atoms with Gasteiger partial charge in [0.25, 0.3) is 0 Å². The van der Waals surface area contributed by atoms with Crippen LogP contribution in [-0.4, -0.2) is 60.7 Å². The molecule has 3 rings (SSSR count). The monoisotopic (exact) mass is 413 g/mol. The van der Waals surface area contributed by atoms with E-state index in [0.717, 1.165) is 35.9 Å². The number of para-hydroxylation sites is 2. The highest BCUT2D eigenvalue weighted by atomic mass is 16.5. The average Bonchev–Trinajstić information content (AvgIpc) is 3.03. The molecule has 0 saturated carbocycles. The van der Waals surface area contributed by atoms with Crippen LogP contribution in [0.1, 0.15) is 35.6 Å². The Morgan fingerprint density at radius 2 is 1.70 bits per heavy atom. The number of carbonyl (C=O) groups is 2. The standard InChI is InChI=1S/C23H31N3O4/c1-5-29-21-10-8-7-9-20(21)24-11-13-25(14-12-24)22(27)16-26-17(3)15-19(18(26)4)23(28)30-6-2/h7-10,15H,5-6,11-14,16H2,1-4H3. The largest absolute Gasteiger partial charge is 0.492 e. The zero-order chi connectivity index (χ0) is 21.7. The quantitative estimate of drug-likeness (QED) is 0.653. The molecular weight excluding hydrogens is 382 g/mol. The molecule has 1 aromatic carbocycles. The lowest BCUT2D eigenvalue weighted by atomic mass is 10.2. The topological polar surface area (TPSA) is 64.0 Å². The summed E-state index contributed by atoms with van der Waals surface area (Å²) >= 11 is 0. The summed E-state index contributed by atoms with van der Waals surface area (Å²) < 4.78 is 12.8. The van der Waals surface area contributed by atoms with Crippen LogP contribution < -0.4 is 9.64 Å². The number of ether oxygens (including phenoxy) is 2. The number of nitrogens with zero attached hydrogens (tertiary/aromatic N) is 3. The number of amides is 1. The molecule has 0 unspecified atom stereocenters. The number of hydrogen-bond acceptors (Lipinski definition) is 5. The Kier molecular flexibility index (Phi) is 7.03. The van der Waals surface area contributed by atoms with Crippen molar-refractivity contribution >= 4 is 17.6 Å². The summed E-state index contributed by atoms with van der Waals surface area (Å²) in [6.45, 7) is 11.5. The Hall–Kier alpha value is -2.96. The number of aryl methyl sites for hydroxylation is 1. The molecule has 1 saturated heterocycles. The van der Waals surface area contributed by atoms with Gasteiger partial charge in [-0.3, -0.25) is 4.79 Å². The molecule has 0 bridgehead atoms. The van der Waals surface area contributed by atoms with Crippen molar-refractivity contribution in [3.63, 3.8) is 0 Å². The van der Waals surface area contributed by atoms with Crippen molar-refractivity contribution in [1.29, 1.82) is 0 Å². The zero-order valence-corrected chi connectivity index (χ0v) is 18.3. The van der Waals surface area contributed by atoms with Crippen molar-refractivity contribution in [3.8, 4) is 5.75 Å². The van der Waals surface area contributed by atoms with Crippen molar-refractivity contribution in [3.05, 3.63) is 47.3 Å². The Balaban J connectivity index is 1.63. The van der Waals surface area contributed by atoms with Crippen LogP contribution in [0.15, 0.2) is 30.3 Å². The predicted octanol–water partition coefficient (Wildman–Crippen LogP) is 3.03. The van der Waals surface area contributed by atoms with E-state index in [1.807, 2.05) is 48.4 Å². The van der Waals surface area contributed by atoms with E-state index >= 15 is 0 Å². The molecule has 0 spiro atoms. The lowest BCUT2D eigenvalue weighted by Crippen LogP contribution is -2.49. The van der Waals surface area contributed by atoms with E-state index in [-0.39, 0.29) is 18.4 Å². The van der Waals surface area contributed by atoms with Crippen molar-refractivity contribution in [2.75, 3.05) is 44.3 Å². The molecule has 0 aliphatic carbocycles. The second kappa shape index (κ2) is 9.69. The van der Waals surface area contributed by atoms with Crippen LogP contribution >= 0.6 is 0 Å². The van der Waals surface area contributed by atoms with Gasteiger partial charge >= 0.3 is 5.97 Å². The molecule has 1 aliphatic heterocycles. The third kappa shape index (κ3) is 4.61. The minimum atomic E-state index is -0.342. The highest BCUT2D eigenvalue weighted by Crippen LogP contribution is 2.29. The van der Waals surface area contributed by atoms with Gasteiger partial charge in [0.1, 0.15) is 12.3 Å². The van der Waals surface area contributed by atoms with Crippen LogP contribution in [0.5, 0.6) is 5.75 Å². The number of anilines is 1. The minimum absolute atomic E-state index is 0.0601. The average molecular weight is 414 g/mol. The Morgan fingerprint density at radius 1 is 1.00 bits per heavy atom. The van der Waals surface area contributed by atoms with Gasteiger partial charge in [0.2, 0.25) is 5.91 Å². The van der Waals surface area contributed by atoms with E-state index in [2.05, 4.69) is 11.0 Å². The van der Waals surface area contributed by atoms with Crippen molar-refractivity contribution in [1.82, 2.24) is 9.47 Å². The van der Waals surface area contributed by atoms with E-state index in [1.54, 1.807) is 13.0 Å². The van der Waals surface area contributed by atoms with Gasteiger partial charge in [0, 0.05) is 37.6 Å². The first kappa shape index (κ1) is 21.7. The third-order valence-corrected chi connectivity index (χ3v) is 5.50. The van der Waals surface area contributed by atoms with Crippen LogP contribution in [0.3, 0.4) is 0 Å². The maximum Gasteiger partial charge on any atom is 0.339 e. The highest BCUT2D eigenvalue weighted by molar-refractivity contribution is 5.91. The summed E-state index contributed by atoms with van der Waals surface area (Å²) in [5.41, 5.74) is 3.25. The second-order valence-corrected chi connectivity index (χ2v) is 7.36. The third-order valence-electron chi connectivity index (χ3n) is 5.50. The fourth-order valence-corrected chi connectivity index (χ4v) is 3.89. The molecule has 0 radical (unpaired) electrons.